The molecule has 1 aromatic rings. The molecule has 1 atom stereocenters. The van der Waals surface area contributed by atoms with Crippen molar-refractivity contribution in [1.82, 2.24) is 5.32 Å². The van der Waals surface area contributed by atoms with Crippen LogP contribution in [0.2, 0.25) is 0 Å². The minimum atomic E-state index is -0.534. The minimum Gasteiger partial charge on any atom is -0.484 e. The van der Waals surface area contributed by atoms with Crippen molar-refractivity contribution >= 4 is 5.91 Å². The molecule has 1 unspecified atom stereocenters. The Morgan fingerprint density at radius 3 is 3.00 bits per heavy atom. The molecular formula is C13H18FNO3. The molecule has 0 aliphatic heterocycles. The second kappa shape index (κ2) is 7.66. The molecule has 100 valence electrons. The lowest BCUT2D eigenvalue weighted by Gasteiger charge is -2.11. The van der Waals surface area contributed by atoms with Gasteiger partial charge in [0.2, 0.25) is 0 Å². The van der Waals surface area contributed by atoms with Gasteiger partial charge < -0.3 is 15.2 Å². The number of benzene rings is 1. The number of ether oxygens (including phenoxy) is 1. The van der Waals surface area contributed by atoms with Gasteiger partial charge in [-0.05, 0) is 18.6 Å². The first-order valence-corrected chi connectivity index (χ1v) is 5.95. The normalized spacial score (nSPS) is 11.9. The van der Waals surface area contributed by atoms with Crippen molar-refractivity contribution in [2.45, 2.75) is 25.9 Å². The lowest BCUT2D eigenvalue weighted by atomic mass is 10.2. The smallest absolute Gasteiger partial charge is 0.258 e. The average molecular weight is 255 g/mol. The van der Waals surface area contributed by atoms with Gasteiger partial charge in [-0.2, -0.15) is 0 Å². The summed E-state index contributed by atoms with van der Waals surface area (Å²) in [5.74, 6) is -0.444. The number of hydrogen-bond acceptors (Lipinski definition) is 3. The molecule has 4 nitrogen and oxygen atoms in total. The van der Waals surface area contributed by atoms with Crippen LogP contribution in [0.5, 0.6) is 5.75 Å². The Morgan fingerprint density at radius 2 is 2.33 bits per heavy atom. The Hall–Kier alpha value is -1.62. The van der Waals surface area contributed by atoms with E-state index < -0.39 is 11.9 Å². The Labute approximate surface area is 106 Å². The van der Waals surface area contributed by atoms with Crippen LogP contribution in [0.15, 0.2) is 24.3 Å². The van der Waals surface area contributed by atoms with E-state index in [-0.39, 0.29) is 19.1 Å². The highest BCUT2D eigenvalue weighted by Crippen LogP contribution is 2.11. The second-order valence-electron chi connectivity index (χ2n) is 3.99. The predicted molar refractivity (Wildman–Crippen MR) is 65.8 cm³/mol. The third kappa shape index (κ3) is 5.63. The summed E-state index contributed by atoms with van der Waals surface area (Å²) < 4.78 is 17.9. The molecule has 18 heavy (non-hydrogen) atoms. The molecule has 0 bridgehead atoms. The van der Waals surface area contributed by atoms with E-state index in [1.807, 2.05) is 6.92 Å². The lowest BCUT2D eigenvalue weighted by Crippen LogP contribution is -2.35. The molecule has 1 amide bonds. The van der Waals surface area contributed by atoms with Crippen LogP contribution >= 0.6 is 0 Å². The molecule has 0 radical (unpaired) electrons. The predicted octanol–water partition coefficient (Wildman–Crippen LogP) is 1.48. The van der Waals surface area contributed by atoms with Gasteiger partial charge in [-0.15, -0.1) is 0 Å². The van der Waals surface area contributed by atoms with Crippen molar-refractivity contribution in [2.75, 3.05) is 13.2 Å². The van der Waals surface area contributed by atoms with E-state index in [0.717, 1.165) is 6.42 Å². The van der Waals surface area contributed by atoms with E-state index in [9.17, 15) is 14.3 Å². The zero-order valence-electron chi connectivity index (χ0n) is 10.4. The van der Waals surface area contributed by atoms with Crippen molar-refractivity contribution in [3.05, 3.63) is 30.1 Å². The van der Waals surface area contributed by atoms with E-state index in [1.165, 1.54) is 18.2 Å². The summed E-state index contributed by atoms with van der Waals surface area (Å²) in [4.78, 5) is 11.4. The van der Waals surface area contributed by atoms with Gasteiger partial charge in [0.15, 0.2) is 6.61 Å². The first-order valence-electron chi connectivity index (χ1n) is 5.95. The highest BCUT2D eigenvalue weighted by molar-refractivity contribution is 5.77. The number of aliphatic hydroxyl groups excluding tert-OH is 1. The van der Waals surface area contributed by atoms with Crippen molar-refractivity contribution in [1.29, 1.82) is 0 Å². The standard InChI is InChI=1S/C13H18FNO3/c1-2-4-11(16)8-15-13(17)9-18-12-6-3-5-10(14)7-12/h3,5-7,11,16H,2,4,8-9H2,1H3,(H,15,17). The van der Waals surface area contributed by atoms with Crippen LogP contribution in [0.25, 0.3) is 0 Å². The Balaban J connectivity index is 2.25. The third-order valence-corrected chi connectivity index (χ3v) is 2.32. The molecule has 0 saturated heterocycles. The van der Waals surface area contributed by atoms with Gasteiger partial charge in [0.25, 0.3) is 5.91 Å². The van der Waals surface area contributed by atoms with Gasteiger partial charge in [-0.3, -0.25) is 4.79 Å². The zero-order chi connectivity index (χ0) is 13.4. The second-order valence-corrected chi connectivity index (χ2v) is 3.99. The molecule has 0 spiro atoms. The quantitative estimate of drug-likeness (QED) is 0.776. The highest BCUT2D eigenvalue weighted by Gasteiger charge is 2.07. The molecule has 0 aliphatic rings. The van der Waals surface area contributed by atoms with Crippen molar-refractivity contribution in [3.8, 4) is 5.75 Å². The summed E-state index contributed by atoms with van der Waals surface area (Å²) in [5.41, 5.74) is 0. The summed E-state index contributed by atoms with van der Waals surface area (Å²) in [6.07, 6.45) is 0.968. The highest BCUT2D eigenvalue weighted by atomic mass is 19.1. The third-order valence-electron chi connectivity index (χ3n) is 2.32. The SMILES string of the molecule is CCCC(O)CNC(=O)COc1cccc(F)c1. The molecule has 0 saturated carbocycles. The maximum absolute atomic E-state index is 12.8. The van der Waals surface area contributed by atoms with E-state index >= 15 is 0 Å². The topological polar surface area (TPSA) is 58.6 Å². The van der Waals surface area contributed by atoms with Crippen LogP contribution in [-0.2, 0) is 4.79 Å². The number of amides is 1. The van der Waals surface area contributed by atoms with E-state index in [0.29, 0.717) is 12.2 Å². The monoisotopic (exact) mass is 255 g/mol. The summed E-state index contributed by atoms with van der Waals surface area (Å²) in [7, 11) is 0. The van der Waals surface area contributed by atoms with Crippen molar-refractivity contribution < 1.29 is 19.0 Å². The van der Waals surface area contributed by atoms with Crippen molar-refractivity contribution in [3.63, 3.8) is 0 Å². The molecule has 2 N–H and O–H groups in total. The fraction of sp³-hybridized carbons (Fsp3) is 0.462. The molecule has 0 fully saturated rings. The van der Waals surface area contributed by atoms with Gasteiger partial charge in [0.1, 0.15) is 11.6 Å². The lowest BCUT2D eigenvalue weighted by molar-refractivity contribution is -0.123. The van der Waals surface area contributed by atoms with Crippen LogP contribution in [0.4, 0.5) is 4.39 Å². The zero-order valence-corrected chi connectivity index (χ0v) is 10.4. The van der Waals surface area contributed by atoms with Gasteiger partial charge >= 0.3 is 0 Å². The minimum absolute atomic E-state index is 0.192. The average Bonchev–Trinajstić information content (AvgIpc) is 2.34. The van der Waals surface area contributed by atoms with E-state index in [4.69, 9.17) is 4.74 Å². The number of rotatable bonds is 7. The molecule has 0 aromatic heterocycles. The molecule has 0 heterocycles. The van der Waals surface area contributed by atoms with Crippen LogP contribution in [0.3, 0.4) is 0 Å². The number of carbonyl (C=O) groups is 1. The molecule has 1 rings (SSSR count). The van der Waals surface area contributed by atoms with Gasteiger partial charge in [-0.1, -0.05) is 19.4 Å². The van der Waals surface area contributed by atoms with Crippen LogP contribution in [0.1, 0.15) is 19.8 Å². The largest absolute Gasteiger partial charge is 0.484 e. The van der Waals surface area contributed by atoms with Gasteiger partial charge in [-0.25, -0.2) is 4.39 Å². The number of hydrogen-bond donors (Lipinski definition) is 2. The number of aliphatic hydroxyl groups is 1. The maximum Gasteiger partial charge on any atom is 0.258 e. The fourth-order valence-corrected chi connectivity index (χ4v) is 1.42. The number of halogens is 1. The van der Waals surface area contributed by atoms with Crippen molar-refractivity contribution in [2.24, 2.45) is 0 Å². The fourth-order valence-electron chi connectivity index (χ4n) is 1.42. The Kier molecular flexibility index (Phi) is 6.14. The molecular weight excluding hydrogens is 237 g/mol. The number of nitrogens with one attached hydrogen (secondary N) is 1. The summed E-state index contributed by atoms with van der Waals surface area (Å²) in [6, 6.07) is 5.59. The molecule has 0 aliphatic carbocycles. The maximum atomic E-state index is 12.8. The van der Waals surface area contributed by atoms with Crippen LogP contribution in [-0.4, -0.2) is 30.3 Å². The van der Waals surface area contributed by atoms with E-state index in [1.54, 1.807) is 6.07 Å². The van der Waals surface area contributed by atoms with Crippen LogP contribution in [0, 0.1) is 5.82 Å². The van der Waals surface area contributed by atoms with Crippen LogP contribution < -0.4 is 10.1 Å². The Bertz CT molecular complexity index is 384. The van der Waals surface area contributed by atoms with E-state index in [2.05, 4.69) is 5.32 Å². The first kappa shape index (κ1) is 14.4. The number of carbonyl (C=O) groups excluding carboxylic acids is 1. The summed E-state index contributed by atoms with van der Waals surface area (Å²) >= 11 is 0. The summed E-state index contributed by atoms with van der Waals surface area (Å²) in [5, 5.41) is 12.0. The summed E-state index contributed by atoms with van der Waals surface area (Å²) in [6.45, 7) is 1.97. The van der Waals surface area contributed by atoms with Gasteiger partial charge in [0.05, 0.1) is 6.10 Å². The first-order chi connectivity index (χ1) is 8.61. The Morgan fingerprint density at radius 1 is 1.56 bits per heavy atom. The van der Waals surface area contributed by atoms with Gasteiger partial charge in [0, 0.05) is 12.6 Å². The molecule has 1 aromatic carbocycles. The molecule has 5 heteroatoms.